The van der Waals surface area contributed by atoms with Gasteiger partial charge < -0.3 is 4.57 Å². The number of aromatic nitrogens is 4. The van der Waals surface area contributed by atoms with Gasteiger partial charge in [0.1, 0.15) is 0 Å². The van der Waals surface area contributed by atoms with Crippen LogP contribution in [0.4, 0.5) is 5.69 Å². The third kappa shape index (κ3) is 6.15. The van der Waals surface area contributed by atoms with Crippen molar-refractivity contribution in [3.05, 3.63) is 212 Å². The second kappa shape index (κ2) is 14.9. The molecule has 0 spiro atoms. The number of benzene rings is 9. The first kappa shape index (κ1) is 37.3. The molecule has 0 fully saturated rings. The fourth-order valence-electron chi connectivity index (χ4n) is 9.44. The van der Waals surface area contributed by atoms with Crippen LogP contribution in [0.25, 0.3) is 129 Å². The van der Waals surface area contributed by atoms with E-state index in [0.29, 0.717) is 23.2 Å². The van der Waals surface area contributed by atoms with E-state index in [2.05, 4.69) is 197 Å². The van der Waals surface area contributed by atoms with Crippen molar-refractivity contribution in [3.63, 3.8) is 0 Å². The fourth-order valence-corrected chi connectivity index (χ4v) is 11.7. The van der Waals surface area contributed by atoms with Gasteiger partial charge in [-0.15, -0.1) is 22.7 Å². The third-order valence-electron chi connectivity index (χ3n) is 12.5. The molecule has 0 bridgehead atoms. The first-order valence-electron chi connectivity index (χ1n) is 21.4. The lowest BCUT2D eigenvalue weighted by molar-refractivity contribution is 1.07. The Bertz CT molecular complexity index is 3890. The summed E-state index contributed by atoms with van der Waals surface area (Å²) in [5.41, 5.74) is 10.7. The van der Waals surface area contributed by atoms with Crippen molar-refractivity contribution < 1.29 is 0 Å². The highest BCUT2D eigenvalue weighted by atomic mass is 32.1. The zero-order valence-corrected chi connectivity index (χ0v) is 36.2. The summed E-state index contributed by atoms with van der Waals surface area (Å²) in [4.78, 5) is 19.9. The lowest BCUT2D eigenvalue weighted by Crippen LogP contribution is -2.04. The molecule has 0 saturated heterocycles. The van der Waals surface area contributed by atoms with Gasteiger partial charge in [-0.3, -0.25) is 0 Å². The SMILES string of the molecule is [C-]#[N+]c1ccc2c(c1)c1ccccc1n2-c1c(-c2ccccc2)cc(-c2nc(-c3ccc4c(c3)sc3ccccc34)nc(-c3ccc4c(c3)sc3ccccc34)n2)cc1-c1ccccc1. The lowest BCUT2D eigenvalue weighted by atomic mass is 9.92. The third-order valence-corrected chi connectivity index (χ3v) is 14.7. The Morgan fingerprint density at radius 2 is 0.815 bits per heavy atom. The molecular formula is C58H33N5S2. The zero-order chi connectivity index (χ0) is 43.0. The van der Waals surface area contributed by atoms with Gasteiger partial charge in [-0.25, -0.2) is 19.8 Å². The van der Waals surface area contributed by atoms with E-state index < -0.39 is 0 Å². The number of rotatable bonds is 6. The van der Waals surface area contributed by atoms with Crippen LogP contribution in [0.1, 0.15) is 0 Å². The molecule has 9 aromatic carbocycles. The summed E-state index contributed by atoms with van der Waals surface area (Å²) in [6.07, 6.45) is 0. The van der Waals surface area contributed by atoms with Gasteiger partial charge in [-0.05, 0) is 71.1 Å². The minimum absolute atomic E-state index is 0.586. The molecule has 7 heteroatoms. The first-order chi connectivity index (χ1) is 32.1. The molecule has 302 valence electrons. The lowest BCUT2D eigenvalue weighted by Gasteiger charge is -2.21. The standard InChI is InChI=1S/C58H33N5S2/c1-59-40-26-29-50-48(34-40)41-18-8-11-21-49(41)63(50)55-46(35-14-4-2-5-15-35)30-39(31-47(55)36-16-6-3-7-17-36)58-61-56(37-24-27-44-42-19-9-12-22-51(42)64-53(44)32-37)60-57(62-58)38-25-28-45-43-20-10-13-23-52(43)65-54(45)33-38/h2-34H. The van der Waals surface area contributed by atoms with Crippen molar-refractivity contribution in [2.75, 3.05) is 0 Å². The Labute approximate surface area is 381 Å². The normalized spacial score (nSPS) is 11.7. The van der Waals surface area contributed by atoms with E-state index in [1.807, 2.05) is 12.1 Å². The van der Waals surface area contributed by atoms with Gasteiger partial charge in [-0.2, -0.15) is 0 Å². The van der Waals surface area contributed by atoms with Crippen LogP contribution in [0, 0.1) is 6.57 Å². The molecule has 0 saturated carbocycles. The van der Waals surface area contributed by atoms with Crippen molar-refractivity contribution in [3.8, 4) is 62.1 Å². The molecule has 0 aliphatic carbocycles. The summed E-state index contributed by atoms with van der Waals surface area (Å²) in [6.45, 7) is 7.86. The molecule has 0 amide bonds. The minimum Gasteiger partial charge on any atom is -0.308 e. The number of nitrogens with zero attached hydrogens (tertiary/aromatic N) is 5. The van der Waals surface area contributed by atoms with Crippen LogP contribution < -0.4 is 0 Å². The molecule has 13 rings (SSSR count). The molecular weight excluding hydrogens is 831 g/mol. The zero-order valence-electron chi connectivity index (χ0n) is 34.6. The van der Waals surface area contributed by atoms with Crippen molar-refractivity contribution in [2.24, 2.45) is 0 Å². The highest BCUT2D eigenvalue weighted by Gasteiger charge is 2.24. The van der Waals surface area contributed by atoms with E-state index in [1.165, 1.54) is 40.3 Å². The Balaban J connectivity index is 1.10. The van der Waals surface area contributed by atoms with Gasteiger partial charge in [0.25, 0.3) is 0 Å². The fraction of sp³-hybridized carbons (Fsp3) is 0. The van der Waals surface area contributed by atoms with Crippen LogP contribution in [-0.4, -0.2) is 19.5 Å². The number of thiophene rings is 2. The van der Waals surface area contributed by atoms with Gasteiger partial charge >= 0.3 is 0 Å². The number of fused-ring (bicyclic) bond motifs is 9. The maximum atomic E-state index is 7.86. The van der Waals surface area contributed by atoms with Crippen molar-refractivity contribution in [1.82, 2.24) is 19.5 Å². The van der Waals surface area contributed by atoms with Crippen LogP contribution in [0.2, 0.25) is 0 Å². The molecule has 5 nitrogen and oxygen atoms in total. The second-order valence-corrected chi connectivity index (χ2v) is 18.4. The Hall–Kier alpha value is -8.28. The van der Waals surface area contributed by atoms with Gasteiger partial charge in [0.05, 0.1) is 23.3 Å². The Kier molecular flexibility index (Phi) is 8.56. The molecule has 0 unspecified atom stereocenters. The molecule has 4 heterocycles. The topological polar surface area (TPSA) is 48.0 Å². The summed E-state index contributed by atoms with van der Waals surface area (Å²) in [5.74, 6) is 1.82. The van der Waals surface area contributed by atoms with Gasteiger partial charge in [0, 0.05) is 73.5 Å². The van der Waals surface area contributed by atoms with Crippen molar-refractivity contribution in [1.29, 1.82) is 0 Å². The molecule has 0 N–H and O–H groups in total. The number of hydrogen-bond acceptors (Lipinski definition) is 5. The average molecular weight is 864 g/mol. The average Bonchev–Trinajstić information content (AvgIpc) is 4.05. The first-order valence-corrected chi connectivity index (χ1v) is 23.1. The Morgan fingerprint density at radius 3 is 1.37 bits per heavy atom. The van der Waals surface area contributed by atoms with Crippen LogP contribution in [0.15, 0.2) is 200 Å². The molecule has 0 aliphatic rings. The molecule has 0 radical (unpaired) electrons. The minimum atomic E-state index is 0.586. The van der Waals surface area contributed by atoms with E-state index >= 15 is 0 Å². The summed E-state index contributed by atoms with van der Waals surface area (Å²) >= 11 is 3.58. The monoisotopic (exact) mass is 863 g/mol. The number of hydrogen-bond donors (Lipinski definition) is 0. The smallest absolute Gasteiger partial charge is 0.188 e. The van der Waals surface area contributed by atoms with Gasteiger partial charge in [0.2, 0.25) is 0 Å². The van der Waals surface area contributed by atoms with Crippen molar-refractivity contribution >= 4 is 90.5 Å². The van der Waals surface area contributed by atoms with E-state index in [9.17, 15) is 0 Å². The summed E-state index contributed by atoms with van der Waals surface area (Å²) in [6, 6.07) is 70.5. The molecule has 0 aliphatic heterocycles. The van der Waals surface area contributed by atoms with E-state index in [0.717, 1.165) is 66.4 Å². The second-order valence-electron chi connectivity index (χ2n) is 16.2. The molecule has 4 aromatic heterocycles. The van der Waals surface area contributed by atoms with Gasteiger partial charge in [0.15, 0.2) is 23.2 Å². The predicted octanol–water partition coefficient (Wildman–Crippen LogP) is 16.6. The van der Waals surface area contributed by atoms with Crippen LogP contribution in [-0.2, 0) is 0 Å². The quantitative estimate of drug-likeness (QED) is 0.156. The largest absolute Gasteiger partial charge is 0.308 e. The van der Waals surface area contributed by atoms with E-state index in [-0.39, 0.29) is 0 Å². The summed E-state index contributed by atoms with van der Waals surface area (Å²) in [7, 11) is 0. The van der Waals surface area contributed by atoms with Crippen LogP contribution >= 0.6 is 22.7 Å². The van der Waals surface area contributed by atoms with Crippen LogP contribution in [0.5, 0.6) is 0 Å². The molecule has 0 atom stereocenters. The number of para-hydroxylation sites is 1. The molecule has 13 aromatic rings. The summed E-state index contributed by atoms with van der Waals surface area (Å²) in [5, 5.41) is 7.09. The molecule has 65 heavy (non-hydrogen) atoms. The Morgan fingerprint density at radius 1 is 0.354 bits per heavy atom. The maximum Gasteiger partial charge on any atom is 0.188 e. The van der Waals surface area contributed by atoms with Crippen LogP contribution in [0.3, 0.4) is 0 Å². The highest BCUT2D eigenvalue weighted by Crippen LogP contribution is 2.45. The maximum absolute atomic E-state index is 7.86. The van der Waals surface area contributed by atoms with E-state index in [4.69, 9.17) is 21.5 Å². The highest BCUT2D eigenvalue weighted by molar-refractivity contribution is 7.26. The van der Waals surface area contributed by atoms with Crippen molar-refractivity contribution in [2.45, 2.75) is 0 Å². The van der Waals surface area contributed by atoms with E-state index in [1.54, 1.807) is 22.7 Å². The van der Waals surface area contributed by atoms with Gasteiger partial charge in [-0.1, -0.05) is 146 Å². The predicted molar refractivity (Wildman–Crippen MR) is 273 cm³/mol. The summed E-state index contributed by atoms with van der Waals surface area (Å²) < 4.78 is 7.26.